The van der Waals surface area contributed by atoms with Crippen molar-refractivity contribution in [1.82, 2.24) is 10.2 Å². The predicted octanol–water partition coefficient (Wildman–Crippen LogP) is 4.71. The summed E-state index contributed by atoms with van der Waals surface area (Å²) in [6.07, 6.45) is 1.96. The van der Waals surface area contributed by atoms with Crippen molar-refractivity contribution in [3.63, 3.8) is 0 Å². The predicted molar refractivity (Wildman–Crippen MR) is 157 cm³/mol. The van der Waals surface area contributed by atoms with Gasteiger partial charge in [-0.15, -0.1) is 0 Å². The summed E-state index contributed by atoms with van der Waals surface area (Å²) in [7, 11) is -3.54. The lowest BCUT2D eigenvalue weighted by Crippen LogP contribution is -2.51. The van der Waals surface area contributed by atoms with E-state index in [4.69, 9.17) is 0 Å². The lowest BCUT2D eigenvalue weighted by atomic mass is 10.0. The molecule has 0 aliphatic heterocycles. The monoisotopic (exact) mass is 549 g/mol. The van der Waals surface area contributed by atoms with E-state index in [1.165, 1.54) is 10.6 Å². The molecule has 0 aliphatic rings. The number of carbonyl (C=O) groups is 2. The van der Waals surface area contributed by atoms with Crippen LogP contribution in [0, 0.1) is 6.92 Å². The zero-order valence-corrected chi connectivity index (χ0v) is 24.0. The van der Waals surface area contributed by atoms with Gasteiger partial charge in [0.2, 0.25) is 21.8 Å². The molecule has 0 spiro atoms. The van der Waals surface area contributed by atoms with Gasteiger partial charge < -0.3 is 10.2 Å². The molecule has 2 amide bonds. The maximum atomic E-state index is 13.8. The third-order valence-corrected chi connectivity index (χ3v) is 7.57. The Balaban J connectivity index is 1.85. The number of amides is 2. The average Bonchev–Trinajstić information content (AvgIpc) is 2.89. The number of hydrogen-bond donors (Lipinski definition) is 1. The molecular weight excluding hydrogens is 510 g/mol. The quantitative estimate of drug-likeness (QED) is 0.335. The highest BCUT2D eigenvalue weighted by Crippen LogP contribution is 2.20. The number of aryl methyl sites for hydroxylation is 1. The number of nitrogens with zero attached hydrogens (tertiary/aromatic N) is 2. The van der Waals surface area contributed by atoms with E-state index in [-0.39, 0.29) is 37.4 Å². The normalized spacial score (nSPS) is 12.1. The van der Waals surface area contributed by atoms with Crippen LogP contribution in [0.3, 0.4) is 0 Å². The molecule has 208 valence electrons. The number of nitrogens with one attached hydrogen (secondary N) is 1. The first-order valence-corrected chi connectivity index (χ1v) is 15.1. The van der Waals surface area contributed by atoms with Gasteiger partial charge in [-0.3, -0.25) is 13.9 Å². The number of benzene rings is 3. The first-order chi connectivity index (χ1) is 18.5. The molecule has 1 atom stereocenters. The standard InChI is InChI=1S/C31H39N3O4S/c1-24(2)32-31(36)29(22-26-12-7-5-8-13-26)33(23-27-14-9-6-10-15-27)30(35)16-11-21-34(39(4,37)38)28-19-17-25(3)18-20-28/h5-10,12-15,17-20,24,29H,11,16,21-23H2,1-4H3,(H,32,36)/t29-/m0/s1. The van der Waals surface area contributed by atoms with Gasteiger partial charge in [0.1, 0.15) is 6.04 Å². The second-order valence-corrected chi connectivity index (χ2v) is 12.1. The van der Waals surface area contributed by atoms with E-state index >= 15 is 0 Å². The van der Waals surface area contributed by atoms with Crippen molar-refractivity contribution in [2.24, 2.45) is 0 Å². The molecule has 0 aliphatic carbocycles. The molecule has 0 fully saturated rings. The Kier molecular flexibility index (Phi) is 10.7. The molecule has 3 aromatic carbocycles. The van der Waals surface area contributed by atoms with E-state index in [9.17, 15) is 18.0 Å². The summed E-state index contributed by atoms with van der Waals surface area (Å²) in [6.45, 7) is 6.16. The van der Waals surface area contributed by atoms with E-state index in [1.807, 2.05) is 93.6 Å². The number of sulfonamides is 1. The summed E-state index contributed by atoms with van der Waals surface area (Å²) in [6, 6.07) is 25.7. The molecule has 0 aromatic heterocycles. The van der Waals surface area contributed by atoms with Crippen molar-refractivity contribution in [2.45, 2.75) is 58.7 Å². The van der Waals surface area contributed by atoms with Crippen molar-refractivity contribution in [2.75, 3.05) is 17.1 Å². The smallest absolute Gasteiger partial charge is 0.243 e. The molecule has 7 nitrogen and oxygen atoms in total. The van der Waals surface area contributed by atoms with Crippen LogP contribution < -0.4 is 9.62 Å². The third kappa shape index (κ3) is 9.25. The van der Waals surface area contributed by atoms with Crippen molar-refractivity contribution in [1.29, 1.82) is 0 Å². The first-order valence-electron chi connectivity index (χ1n) is 13.3. The van der Waals surface area contributed by atoms with E-state index < -0.39 is 16.1 Å². The fourth-order valence-corrected chi connectivity index (χ4v) is 5.40. The Morgan fingerprint density at radius 1 is 0.846 bits per heavy atom. The van der Waals surface area contributed by atoms with Crippen LogP contribution in [0.1, 0.15) is 43.4 Å². The fourth-order valence-electron chi connectivity index (χ4n) is 4.43. The second-order valence-electron chi connectivity index (χ2n) is 10.2. The van der Waals surface area contributed by atoms with Crippen LogP contribution in [0.5, 0.6) is 0 Å². The van der Waals surface area contributed by atoms with Gasteiger partial charge in [-0.25, -0.2) is 8.42 Å². The van der Waals surface area contributed by atoms with Gasteiger partial charge >= 0.3 is 0 Å². The van der Waals surface area contributed by atoms with Crippen molar-refractivity contribution in [3.05, 3.63) is 102 Å². The Morgan fingerprint density at radius 3 is 1.95 bits per heavy atom. The van der Waals surface area contributed by atoms with Crippen LogP contribution in [-0.4, -0.2) is 50.0 Å². The Bertz CT molecular complexity index is 1310. The van der Waals surface area contributed by atoms with E-state index in [0.717, 1.165) is 16.7 Å². The number of carbonyl (C=O) groups excluding carboxylic acids is 2. The highest BCUT2D eigenvalue weighted by Gasteiger charge is 2.30. The van der Waals surface area contributed by atoms with Gasteiger partial charge in [0.25, 0.3) is 0 Å². The molecule has 0 radical (unpaired) electrons. The minimum Gasteiger partial charge on any atom is -0.352 e. The van der Waals surface area contributed by atoms with Gasteiger partial charge in [0, 0.05) is 32.0 Å². The van der Waals surface area contributed by atoms with Gasteiger partial charge in [0.05, 0.1) is 11.9 Å². The lowest BCUT2D eigenvalue weighted by molar-refractivity contribution is -0.141. The summed E-state index contributed by atoms with van der Waals surface area (Å²) in [5.41, 5.74) is 3.46. The van der Waals surface area contributed by atoms with Crippen LogP contribution in [0.25, 0.3) is 0 Å². The second kappa shape index (κ2) is 13.9. The molecule has 0 saturated carbocycles. The van der Waals surface area contributed by atoms with Crippen molar-refractivity contribution < 1.29 is 18.0 Å². The summed E-state index contributed by atoms with van der Waals surface area (Å²) >= 11 is 0. The van der Waals surface area contributed by atoms with Gasteiger partial charge in [-0.2, -0.15) is 0 Å². The number of rotatable bonds is 13. The van der Waals surface area contributed by atoms with Crippen molar-refractivity contribution in [3.8, 4) is 0 Å². The molecule has 0 saturated heterocycles. The van der Waals surface area contributed by atoms with Gasteiger partial charge in [-0.05, 0) is 50.5 Å². The summed E-state index contributed by atoms with van der Waals surface area (Å²) in [4.78, 5) is 28.8. The highest BCUT2D eigenvalue weighted by atomic mass is 32.2. The summed E-state index contributed by atoms with van der Waals surface area (Å²) < 4.78 is 26.4. The molecular formula is C31H39N3O4S. The molecule has 0 unspecified atom stereocenters. The Labute approximate surface area is 232 Å². The van der Waals surface area contributed by atoms with E-state index in [2.05, 4.69) is 5.32 Å². The molecule has 3 rings (SSSR count). The maximum absolute atomic E-state index is 13.8. The first kappa shape index (κ1) is 29.9. The largest absolute Gasteiger partial charge is 0.352 e. The molecule has 0 heterocycles. The molecule has 0 bridgehead atoms. The van der Waals surface area contributed by atoms with Gasteiger partial charge in [-0.1, -0.05) is 78.4 Å². The minimum atomic E-state index is -3.54. The van der Waals surface area contributed by atoms with Crippen molar-refractivity contribution >= 4 is 27.5 Å². The number of anilines is 1. The Morgan fingerprint density at radius 2 is 1.41 bits per heavy atom. The molecule has 1 N–H and O–H groups in total. The van der Waals surface area contributed by atoms with Crippen LogP contribution >= 0.6 is 0 Å². The van der Waals surface area contributed by atoms with E-state index in [0.29, 0.717) is 18.5 Å². The zero-order chi connectivity index (χ0) is 28.4. The Hall–Kier alpha value is -3.65. The van der Waals surface area contributed by atoms with Crippen LogP contribution in [0.15, 0.2) is 84.9 Å². The van der Waals surface area contributed by atoms with Gasteiger partial charge in [0.15, 0.2) is 0 Å². The molecule has 3 aromatic rings. The zero-order valence-electron chi connectivity index (χ0n) is 23.2. The fraction of sp³-hybridized carbons (Fsp3) is 0.355. The molecule has 39 heavy (non-hydrogen) atoms. The third-order valence-electron chi connectivity index (χ3n) is 6.37. The van der Waals surface area contributed by atoms with E-state index in [1.54, 1.807) is 17.0 Å². The topological polar surface area (TPSA) is 86.8 Å². The SMILES string of the molecule is Cc1ccc(N(CCCC(=O)N(Cc2ccccc2)[C@@H](Cc2ccccc2)C(=O)NC(C)C)S(C)(=O)=O)cc1. The van der Waals surface area contributed by atoms with Crippen LogP contribution in [0.2, 0.25) is 0 Å². The lowest BCUT2D eigenvalue weighted by Gasteiger charge is -2.32. The average molecular weight is 550 g/mol. The van der Waals surface area contributed by atoms with Crippen LogP contribution in [-0.2, 0) is 32.6 Å². The number of hydrogen-bond acceptors (Lipinski definition) is 4. The maximum Gasteiger partial charge on any atom is 0.243 e. The highest BCUT2D eigenvalue weighted by molar-refractivity contribution is 7.92. The summed E-state index contributed by atoms with van der Waals surface area (Å²) in [5.74, 6) is -0.411. The van der Waals surface area contributed by atoms with Crippen LogP contribution in [0.4, 0.5) is 5.69 Å². The molecule has 8 heteroatoms. The minimum absolute atomic E-state index is 0.0812. The summed E-state index contributed by atoms with van der Waals surface area (Å²) in [5, 5.41) is 2.98.